The zero-order valence-electron chi connectivity index (χ0n) is 11.8. The number of halogens is 1. The summed E-state index contributed by atoms with van der Waals surface area (Å²) >= 11 is 0. The first kappa shape index (κ1) is 14.3. The van der Waals surface area contributed by atoms with Crippen molar-refractivity contribution in [2.45, 2.75) is 18.9 Å². The van der Waals surface area contributed by atoms with Crippen LogP contribution >= 0.6 is 0 Å². The van der Waals surface area contributed by atoms with Crippen LogP contribution in [0.4, 0.5) is 10.3 Å². The number of rotatable bonds is 3. The van der Waals surface area contributed by atoms with Crippen molar-refractivity contribution >= 4 is 11.9 Å². The Balaban J connectivity index is 1.63. The maximum Gasteiger partial charge on any atom is 0.270 e. The van der Waals surface area contributed by atoms with Gasteiger partial charge in [-0.15, -0.1) is 0 Å². The Kier molecular flexibility index (Phi) is 4.17. The normalized spacial score (nSPS) is 18.0. The molecule has 1 unspecified atom stereocenters. The zero-order valence-corrected chi connectivity index (χ0v) is 11.8. The average molecular weight is 302 g/mol. The van der Waals surface area contributed by atoms with E-state index in [1.807, 2.05) is 4.90 Å². The lowest BCUT2D eigenvalue weighted by molar-refractivity contribution is 0.0928. The van der Waals surface area contributed by atoms with E-state index in [2.05, 4.69) is 25.3 Å². The summed E-state index contributed by atoms with van der Waals surface area (Å²) in [5, 5.41) is 2.95. The Hall–Kier alpha value is -2.64. The van der Waals surface area contributed by atoms with E-state index in [-0.39, 0.29) is 11.9 Å². The summed E-state index contributed by atoms with van der Waals surface area (Å²) in [6.45, 7) is 1.37. The van der Waals surface area contributed by atoms with Gasteiger partial charge in [-0.25, -0.2) is 24.3 Å². The van der Waals surface area contributed by atoms with E-state index in [1.54, 1.807) is 6.07 Å². The van der Waals surface area contributed by atoms with Gasteiger partial charge in [-0.1, -0.05) is 0 Å². The highest BCUT2D eigenvalue weighted by Gasteiger charge is 2.23. The molecule has 0 aromatic carbocycles. The van der Waals surface area contributed by atoms with Crippen LogP contribution in [0.25, 0.3) is 0 Å². The third-order valence-corrected chi connectivity index (χ3v) is 3.46. The highest BCUT2D eigenvalue weighted by Crippen LogP contribution is 2.16. The molecule has 0 saturated carbocycles. The van der Waals surface area contributed by atoms with Gasteiger partial charge in [0, 0.05) is 25.3 Å². The molecule has 7 nitrogen and oxygen atoms in total. The molecule has 1 aliphatic rings. The largest absolute Gasteiger partial charge is 0.346 e. The minimum atomic E-state index is -0.464. The second kappa shape index (κ2) is 6.42. The molecule has 2 aromatic rings. The fraction of sp³-hybridized carbons (Fsp3) is 0.357. The molecule has 2 aromatic heterocycles. The number of nitrogens with zero attached hydrogens (tertiary/aromatic N) is 5. The topological polar surface area (TPSA) is 83.9 Å². The Morgan fingerprint density at radius 2 is 2.14 bits per heavy atom. The molecule has 1 fully saturated rings. The third-order valence-electron chi connectivity index (χ3n) is 3.46. The first-order valence-electron chi connectivity index (χ1n) is 7.02. The number of nitrogens with one attached hydrogen (secondary N) is 1. The number of hydrogen-bond donors (Lipinski definition) is 1. The molecule has 22 heavy (non-hydrogen) atoms. The summed E-state index contributed by atoms with van der Waals surface area (Å²) in [6, 6.07) is 1.55. The molecule has 0 aliphatic carbocycles. The molecule has 114 valence electrons. The van der Waals surface area contributed by atoms with Crippen LogP contribution in [-0.2, 0) is 0 Å². The molecule has 0 spiro atoms. The number of amides is 1. The number of piperidine rings is 1. The van der Waals surface area contributed by atoms with Crippen LogP contribution in [0.1, 0.15) is 23.3 Å². The molecule has 1 atom stereocenters. The molecular formula is C14H15FN6O. The van der Waals surface area contributed by atoms with Gasteiger partial charge in [-0.2, -0.15) is 0 Å². The summed E-state index contributed by atoms with van der Waals surface area (Å²) in [5.41, 5.74) is 0.338. The fourth-order valence-corrected chi connectivity index (χ4v) is 2.43. The van der Waals surface area contributed by atoms with Gasteiger partial charge in [0.15, 0.2) is 5.82 Å². The molecule has 1 amide bonds. The molecule has 0 bridgehead atoms. The van der Waals surface area contributed by atoms with Crippen molar-refractivity contribution in [3.05, 3.63) is 42.5 Å². The molecule has 1 saturated heterocycles. The first-order chi connectivity index (χ1) is 10.7. The summed E-state index contributed by atoms with van der Waals surface area (Å²) < 4.78 is 12.9. The summed E-state index contributed by atoms with van der Waals surface area (Å²) in [5.74, 6) is -0.217. The van der Waals surface area contributed by atoms with Gasteiger partial charge in [0.05, 0.1) is 12.4 Å². The predicted octanol–water partition coefficient (Wildman–Crippen LogP) is 0.804. The molecular weight excluding hydrogens is 287 g/mol. The van der Waals surface area contributed by atoms with Gasteiger partial charge >= 0.3 is 0 Å². The van der Waals surface area contributed by atoms with Gasteiger partial charge < -0.3 is 10.2 Å². The second-order valence-electron chi connectivity index (χ2n) is 5.05. The van der Waals surface area contributed by atoms with Crippen LogP contribution in [0.5, 0.6) is 0 Å². The molecule has 8 heteroatoms. The molecule has 1 aliphatic heterocycles. The van der Waals surface area contributed by atoms with Crippen molar-refractivity contribution in [1.82, 2.24) is 25.3 Å². The van der Waals surface area contributed by atoms with Crippen molar-refractivity contribution in [2.75, 3.05) is 18.0 Å². The predicted molar refractivity (Wildman–Crippen MR) is 76.7 cm³/mol. The highest BCUT2D eigenvalue weighted by molar-refractivity contribution is 5.92. The maximum atomic E-state index is 12.9. The smallest absolute Gasteiger partial charge is 0.270 e. The van der Waals surface area contributed by atoms with Crippen molar-refractivity contribution in [3.8, 4) is 0 Å². The number of anilines is 1. The number of hydrogen-bond acceptors (Lipinski definition) is 6. The van der Waals surface area contributed by atoms with Crippen LogP contribution in [0, 0.1) is 5.82 Å². The van der Waals surface area contributed by atoms with E-state index in [0.717, 1.165) is 31.8 Å². The quantitative estimate of drug-likeness (QED) is 0.903. The number of aromatic nitrogens is 4. The SMILES string of the molecule is O=C(NC1CCCN(c2ncc(F)cn2)C1)c1ccncn1. The summed E-state index contributed by atoms with van der Waals surface area (Å²) in [6.07, 6.45) is 6.93. The number of carbonyl (C=O) groups excluding carboxylic acids is 1. The third kappa shape index (κ3) is 3.33. The van der Waals surface area contributed by atoms with Gasteiger partial charge in [-0.3, -0.25) is 4.79 Å². The highest BCUT2D eigenvalue weighted by atomic mass is 19.1. The van der Waals surface area contributed by atoms with Crippen LogP contribution in [0.15, 0.2) is 31.0 Å². The van der Waals surface area contributed by atoms with Crippen LogP contribution in [0.3, 0.4) is 0 Å². The molecule has 3 rings (SSSR count). The van der Waals surface area contributed by atoms with Crippen LogP contribution in [-0.4, -0.2) is 45.0 Å². The van der Waals surface area contributed by atoms with Crippen molar-refractivity contribution in [3.63, 3.8) is 0 Å². The van der Waals surface area contributed by atoms with Crippen molar-refractivity contribution < 1.29 is 9.18 Å². The fourth-order valence-electron chi connectivity index (χ4n) is 2.43. The molecule has 1 N–H and O–H groups in total. The van der Waals surface area contributed by atoms with Gasteiger partial charge in [-0.05, 0) is 18.9 Å². The average Bonchev–Trinajstić information content (AvgIpc) is 2.56. The minimum absolute atomic E-state index is 0.0233. The van der Waals surface area contributed by atoms with Gasteiger partial charge in [0.2, 0.25) is 5.95 Å². The maximum absolute atomic E-state index is 12.9. The standard InChI is InChI=1S/C14H15FN6O/c15-10-6-17-14(18-7-10)21-5-1-2-11(8-21)20-13(22)12-3-4-16-9-19-12/h3-4,6-7,9,11H,1-2,5,8H2,(H,20,22). The lowest BCUT2D eigenvalue weighted by atomic mass is 10.1. The van der Waals surface area contributed by atoms with E-state index >= 15 is 0 Å². The Bertz CT molecular complexity index is 636. The van der Waals surface area contributed by atoms with E-state index in [0.29, 0.717) is 18.2 Å². The van der Waals surface area contributed by atoms with Gasteiger partial charge in [0.25, 0.3) is 5.91 Å². The van der Waals surface area contributed by atoms with Gasteiger partial charge in [0.1, 0.15) is 12.0 Å². The van der Waals surface area contributed by atoms with E-state index in [4.69, 9.17) is 0 Å². The monoisotopic (exact) mass is 302 g/mol. The Morgan fingerprint density at radius 1 is 1.32 bits per heavy atom. The Morgan fingerprint density at radius 3 is 2.86 bits per heavy atom. The summed E-state index contributed by atoms with van der Waals surface area (Å²) in [7, 11) is 0. The second-order valence-corrected chi connectivity index (χ2v) is 5.05. The molecule has 0 radical (unpaired) electrons. The van der Waals surface area contributed by atoms with E-state index in [9.17, 15) is 9.18 Å². The van der Waals surface area contributed by atoms with Crippen molar-refractivity contribution in [1.29, 1.82) is 0 Å². The van der Waals surface area contributed by atoms with E-state index in [1.165, 1.54) is 12.5 Å². The molecule has 3 heterocycles. The van der Waals surface area contributed by atoms with E-state index < -0.39 is 5.82 Å². The summed E-state index contributed by atoms with van der Waals surface area (Å²) in [4.78, 5) is 29.7. The number of carbonyl (C=O) groups is 1. The van der Waals surface area contributed by atoms with Crippen LogP contribution < -0.4 is 10.2 Å². The lowest BCUT2D eigenvalue weighted by Crippen LogP contribution is -2.48. The Labute approximate surface area is 126 Å². The van der Waals surface area contributed by atoms with Crippen molar-refractivity contribution in [2.24, 2.45) is 0 Å². The minimum Gasteiger partial charge on any atom is -0.346 e. The first-order valence-corrected chi connectivity index (χ1v) is 7.02. The zero-order chi connectivity index (χ0) is 15.4. The van der Waals surface area contributed by atoms with Crippen LogP contribution in [0.2, 0.25) is 0 Å². The lowest BCUT2D eigenvalue weighted by Gasteiger charge is -2.33.